The number of methoxy groups -OCH3 is 1. The standard InChI is InChI=1S/C11H13N3O2/c1-16-7-9(13)11(15)14-10-5-3-2-4-8(10)6-12/h2-5,9H,7,13H2,1H3,(H,14,15). The molecule has 84 valence electrons. The lowest BCUT2D eigenvalue weighted by atomic mass is 10.2. The summed E-state index contributed by atoms with van der Waals surface area (Å²) in [5, 5.41) is 11.4. The number of nitrogens with one attached hydrogen (secondary N) is 1. The highest BCUT2D eigenvalue weighted by atomic mass is 16.5. The Morgan fingerprint density at radius 2 is 2.31 bits per heavy atom. The summed E-state index contributed by atoms with van der Waals surface area (Å²) in [5.41, 5.74) is 6.41. The zero-order valence-electron chi connectivity index (χ0n) is 8.93. The Balaban J connectivity index is 2.74. The molecule has 3 N–H and O–H groups in total. The first-order valence-electron chi connectivity index (χ1n) is 4.73. The van der Waals surface area contributed by atoms with Crippen LogP contribution in [0, 0.1) is 11.3 Å². The van der Waals surface area contributed by atoms with Crippen LogP contribution in [0.1, 0.15) is 5.56 Å². The Labute approximate surface area is 93.8 Å². The molecule has 0 spiro atoms. The lowest BCUT2D eigenvalue weighted by Crippen LogP contribution is -2.39. The first-order chi connectivity index (χ1) is 7.69. The van der Waals surface area contributed by atoms with E-state index < -0.39 is 6.04 Å². The van der Waals surface area contributed by atoms with Gasteiger partial charge in [-0.25, -0.2) is 0 Å². The summed E-state index contributed by atoms with van der Waals surface area (Å²) in [4.78, 5) is 11.5. The first-order valence-corrected chi connectivity index (χ1v) is 4.73. The van der Waals surface area contributed by atoms with Gasteiger partial charge in [0.15, 0.2) is 0 Å². The summed E-state index contributed by atoms with van der Waals surface area (Å²) in [6, 6.07) is 7.98. The van der Waals surface area contributed by atoms with Crippen molar-refractivity contribution in [2.24, 2.45) is 5.73 Å². The second kappa shape index (κ2) is 5.85. The number of hydrogen-bond acceptors (Lipinski definition) is 4. The smallest absolute Gasteiger partial charge is 0.243 e. The summed E-state index contributed by atoms with van der Waals surface area (Å²) in [6.07, 6.45) is 0. The van der Waals surface area contributed by atoms with E-state index in [1.54, 1.807) is 24.3 Å². The number of amides is 1. The number of nitrogens with zero attached hydrogens (tertiary/aromatic N) is 1. The van der Waals surface area contributed by atoms with E-state index in [0.717, 1.165) is 0 Å². The zero-order chi connectivity index (χ0) is 12.0. The number of carbonyl (C=O) groups excluding carboxylic acids is 1. The fourth-order valence-electron chi connectivity index (χ4n) is 1.17. The zero-order valence-corrected chi connectivity index (χ0v) is 8.93. The maximum Gasteiger partial charge on any atom is 0.243 e. The van der Waals surface area contributed by atoms with Crippen molar-refractivity contribution in [1.82, 2.24) is 0 Å². The van der Waals surface area contributed by atoms with Gasteiger partial charge in [-0.05, 0) is 12.1 Å². The second-order valence-corrected chi connectivity index (χ2v) is 3.21. The lowest BCUT2D eigenvalue weighted by Gasteiger charge is -2.11. The van der Waals surface area contributed by atoms with E-state index in [-0.39, 0.29) is 12.5 Å². The maximum atomic E-state index is 11.5. The van der Waals surface area contributed by atoms with E-state index >= 15 is 0 Å². The number of nitriles is 1. The van der Waals surface area contributed by atoms with Crippen molar-refractivity contribution in [2.75, 3.05) is 19.0 Å². The van der Waals surface area contributed by atoms with Gasteiger partial charge in [0.1, 0.15) is 12.1 Å². The van der Waals surface area contributed by atoms with Gasteiger partial charge in [0, 0.05) is 7.11 Å². The van der Waals surface area contributed by atoms with E-state index in [4.69, 9.17) is 15.7 Å². The van der Waals surface area contributed by atoms with Crippen molar-refractivity contribution < 1.29 is 9.53 Å². The molecule has 0 saturated carbocycles. The van der Waals surface area contributed by atoms with Crippen LogP contribution in [0.5, 0.6) is 0 Å². The molecule has 0 aromatic heterocycles. The molecule has 0 aliphatic rings. The normalized spacial score (nSPS) is 11.6. The summed E-state index contributed by atoms with van der Waals surface area (Å²) >= 11 is 0. The van der Waals surface area contributed by atoms with E-state index in [0.29, 0.717) is 11.3 Å². The molecule has 0 heterocycles. The van der Waals surface area contributed by atoms with Crippen LogP contribution in [-0.2, 0) is 9.53 Å². The molecule has 0 fully saturated rings. The summed E-state index contributed by atoms with van der Waals surface area (Å²) in [7, 11) is 1.47. The highest BCUT2D eigenvalue weighted by molar-refractivity contribution is 5.95. The highest BCUT2D eigenvalue weighted by Gasteiger charge is 2.14. The molecule has 5 nitrogen and oxygen atoms in total. The van der Waals surface area contributed by atoms with Crippen LogP contribution in [0.2, 0.25) is 0 Å². The topological polar surface area (TPSA) is 88.1 Å². The van der Waals surface area contributed by atoms with Gasteiger partial charge in [-0.1, -0.05) is 12.1 Å². The highest BCUT2D eigenvalue weighted by Crippen LogP contribution is 2.13. The molecule has 1 rings (SSSR count). The monoisotopic (exact) mass is 219 g/mol. The van der Waals surface area contributed by atoms with Gasteiger partial charge in [-0.3, -0.25) is 4.79 Å². The van der Waals surface area contributed by atoms with E-state index in [1.807, 2.05) is 6.07 Å². The lowest BCUT2D eigenvalue weighted by molar-refractivity contribution is -0.118. The number of anilines is 1. The molecule has 1 atom stereocenters. The Morgan fingerprint density at radius 3 is 2.94 bits per heavy atom. The van der Waals surface area contributed by atoms with Crippen LogP contribution in [0.15, 0.2) is 24.3 Å². The minimum absolute atomic E-state index is 0.139. The molecule has 1 amide bonds. The van der Waals surface area contributed by atoms with Crippen molar-refractivity contribution in [3.05, 3.63) is 29.8 Å². The minimum Gasteiger partial charge on any atom is -0.383 e. The number of nitrogens with two attached hydrogens (primary N) is 1. The number of carbonyl (C=O) groups is 1. The van der Waals surface area contributed by atoms with Crippen molar-refractivity contribution in [2.45, 2.75) is 6.04 Å². The largest absolute Gasteiger partial charge is 0.383 e. The maximum absolute atomic E-state index is 11.5. The predicted molar refractivity (Wildman–Crippen MR) is 59.6 cm³/mol. The van der Waals surface area contributed by atoms with E-state index in [1.165, 1.54) is 7.11 Å². The predicted octanol–water partition coefficient (Wildman–Crippen LogP) is 0.470. The van der Waals surface area contributed by atoms with Gasteiger partial charge in [0.05, 0.1) is 17.9 Å². The third-order valence-electron chi connectivity index (χ3n) is 1.99. The average Bonchev–Trinajstić information content (AvgIpc) is 2.30. The Hall–Kier alpha value is -1.90. The van der Waals surface area contributed by atoms with Crippen molar-refractivity contribution >= 4 is 11.6 Å². The van der Waals surface area contributed by atoms with Crippen molar-refractivity contribution in [3.8, 4) is 6.07 Å². The fraction of sp³-hybridized carbons (Fsp3) is 0.273. The van der Waals surface area contributed by atoms with Crippen LogP contribution in [0.3, 0.4) is 0 Å². The minimum atomic E-state index is -0.739. The molecule has 0 radical (unpaired) electrons. The molecule has 0 bridgehead atoms. The van der Waals surface area contributed by atoms with E-state index in [2.05, 4.69) is 5.32 Å². The summed E-state index contributed by atoms with van der Waals surface area (Å²) in [6.45, 7) is 0.139. The molecule has 1 unspecified atom stereocenters. The van der Waals surface area contributed by atoms with E-state index in [9.17, 15) is 4.79 Å². The van der Waals surface area contributed by atoms with Crippen molar-refractivity contribution in [3.63, 3.8) is 0 Å². The molecular formula is C11H13N3O2. The molecule has 16 heavy (non-hydrogen) atoms. The van der Waals surface area contributed by atoms with Crippen LogP contribution in [0.4, 0.5) is 5.69 Å². The SMILES string of the molecule is COCC(N)C(=O)Nc1ccccc1C#N. The molecule has 1 aromatic rings. The first kappa shape index (κ1) is 12.2. The number of ether oxygens (including phenoxy) is 1. The van der Waals surface area contributed by atoms with Crippen LogP contribution >= 0.6 is 0 Å². The average molecular weight is 219 g/mol. The van der Waals surface area contributed by atoms with Crippen LogP contribution < -0.4 is 11.1 Å². The Morgan fingerprint density at radius 1 is 1.62 bits per heavy atom. The quantitative estimate of drug-likeness (QED) is 0.770. The summed E-state index contributed by atoms with van der Waals surface area (Å²) in [5.74, 6) is -0.371. The van der Waals surface area contributed by atoms with Gasteiger partial charge >= 0.3 is 0 Å². The van der Waals surface area contributed by atoms with Crippen molar-refractivity contribution in [1.29, 1.82) is 5.26 Å². The second-order valence-electron chi connectivity index (χ2n) is 3.21. The number of rotatable bonds is 4. The van der Waals surface area contributed by atoms with Gasteiger partial charge < -0.3 is 15.8 Å². The number of hydrogen-bond donors (Lipinski definition) is 2. The summed E-state index contributed by atoms with van der Waals surface area (Å²) < 4.78 is 4.77. The third kappa shape index (κ3) is 3.05. The molecule has 0 aliphatic heterocycles. The Kier molecular flexibility index (Phi) is 4.45. The van der Waals surface area contributed by atoms with Gasteiger partial charge in [-0.15, -0.1) is 0 Å². The molecule has 0 saturated heterocycles. The van der Waals surface area contributed by atoms with Gasteiger partial charge in [0.2, 0.25) is 5.91 Å². The molecular weight excluding hydrogens is 206 g/mol. The fourth-order valence-corrected chi connectivity index (χ4v) is 1.17. The van der Waals surface area contributed by atoms with Gasteiger partial charge in [-0.2, -0.15) is 5.26 Å². The van der Waals surface area contributed by atoms with Gasteiger partial charge in [0.25, 0.3) is 0 Å². The molecule has 1 aromatic carbocycles. The van der Waals surface area contributed by atoms with Crippen LogP contribution in [-0.4, -0.2) is 25.7 Å². The number of para-hydroxylation sites is 1. The number of benzene rings is 1. The molecule has 5 heteroatoms. The third-order valence-corrected chi connectivity index (χ3v) is 1.99. The Bertz CT molecular complexity index is 412. The van der Waals surface area contributed by atoms with Crippen LogP contribution in [0.25, 0.3) is 0 Å². The molecule has 0 aliphatic carbocycles.